The summed E-state index contributed by atoms with van der Waals surface area (Å²) in [6.45, 7) is 3.62. The second-order valence-electron chi connectivity index (χ2n) is 9.65. The maximum atomic E-state index is 14.0. The van der Waals surface area contributed by atoms with E-state index >= 15 is 0 Å². The van der Waals surface area contributed by atoms with E-state index in [4.69, 9.17) is 21.1 Å². The molecule has 1 aliphatic rings. The highest BCUT2D eigenvalue weighted by Crippen LogP contribution is 2.29. The summed E-state index contributed by atoms with van der Waals surface area (Å²) in [6.07, 6.45) is -0.567. The minimum Gasteiger partial charge on any atom is -0.492 e. The number of nitrogens with one attached hydrogen (secondary N) is 1. The van der Waals surface area contributed by atoms with Crippen molar-refractivity contribution >= 4 is 23.5 Å². The molecule has 0 radical (unpaired) electrons. The Labute approximate surface area is 225 Å². The number of aromatic nitrogens is 2. The smallest absolute Gasteiger partial charge is 0.306 e. The number of benzene rings is 1. The SMILES string of the molecule is COC(C)(C)C#Cc1nc(C(F)F)n(CCOc2ccc(Cl)cc2)c1C(=O)NC[C@H]1CC[C@H](C(=O)O)CC1. The maximum absolute atomic E-state index is 14.0. The van der Waals surface area contributed by atoms with E-state index in [9.17, 15) is 23.5 Å². The van der Waals surface area contributed by atoms with Gasteiger partial charge in [0.1, 0.15) is 29.3 Å². The van der Waals surface area contributed by atoms with Crippen molar-refractivity contribution < 1.29 is 33.0 Å². The molecule has 2 N–H and O–H groups in total. The Morgan fingerprint density at radius 1 is 1.24 bits per heavy atom. The number of aliphatic carboxylic acids is 1. The number of carbonyl (C=O) groups excluding carboxylic acids is 1. The lowest BCUT2D eigenvalue weighted by atomic mass is 9.82. The van der Waals surface area contributed by atoms with E-state index in [0.717, 1.165) is 4.57 Å². The molecular formula is C27H32ClF2N3O5. The number of rotatable bonds is 10. The van der Waals surface area contributed by atoms with Gasteiger partial charge in [0.15, 0.2) is 5.82 Å². The lowest BCUT2D eigenvalue weighted by Crippen LogP contribution is -2.34. The molecule has 1 fully saturated rings. The molecule has 2 aromatic rings. The fraction of sp³-hybridized carbons (Fsp3) is 0.519. The van der Waals surface area contributed by atoms with Crippen LogP contribution in [0.5, 0.6) is 5.75 Å². The zero-order chi connectivity index (χ0) is 27.9. The van der Waals surface area contributed by atoms with Crippen LogP contribution in [0.3, 0.4) is 0 Å². The van der Waals surface area contributed by atoms with Crippen molar-refractivity contribution in [3.05, 3.63) is 46.5 Å². The van der Waals surface area contributed by atoms with Gasteiger partial charge in [-0.2, -0.15) is 0 Å². The van der Waals surface area contributed by atoms with Crippen LogP contribution in [-0.4, -0.2) is 52.4 Å². The normalized spacial score (nSPS) is 17.6. The number of hydrogen-bond donors (Lipinski definition) is 2. The molecule has 3 rings (SSSR count). The molecule has 1 aliphatic carbocycles. The van der Waals surface area contributed by atoms with Gasteiger partial charge in [-0.1, -0.05) is 17.5 Å². The van der Waals surface area contributed by atoms with Gasteiger partial charge in [0.2, 0.25) is 0 Å². The summed E-state index contributed by atoms with van der Waals surface area (Å²) >= 11 is 5.89. The predicted octanol–water partition coefficient (Wildman–Crippen LogP) is 4.95. The van der Waals surface area contributed by atoms with Gasteiger partial charge in [-0.3, -0.25) is 9.59 Å². The zero-order valence-electron chi connectivity index (χ0n) is 21.6. The minimum atomic E-state index is -2.95. The monoisotopic (exact) mass is 551 g/mol. The van der Waals surface area contributed by atoms with Crippen LogP contribution in [-0.2, 0) is 16.1 Å². The lowest BCUT2D eigenvalue weighted by Gasteiger charge is -2.26. The molecule has 1 saturated carbocycles. The van der Waals surface area contributed by atoms with Crippen molar-refractivity contribution in [3.63, 3.8) is 0 Å². The standard InChI is InChI=1S/C27H32ClF2N3O5/c1-27(2,37-3)13-12-21-22(25(34)31-16-17-4-6-18(7-5-17)26(35)36)33(24(32-21)23(29)30)14-15-38-20-10-8-19(28)9-11-20/h8-11,17-18,23H,4-7,14-16H2,1-3H3,(H,31,34)(H,35,36)/t17-,18-. The lowest BCUT2D eigenvalue weighted by molar-refractivity contribution is -0.143. The van der Waals surface area contributed by atoms with Crippen molar-refractivity contribution in [2.75, 3.05) is 20.3 Å². The topological polar surface area (TPSA) is 103 Å². The maximum Gasteiger partial charge on any atom is 0.306 e. The van der Waals surface area contributed by atoms with Crippen molar-refractivity contribution in [1.29, 1.82) is 0 Å². The third-order valence-corrected chi connectivity index (χ3v) is 6.80. The van der Waals surface area contributed by atoms with E-state index in [1.165, 1.54) is 7.11 Å². The van der Waals surface area contributed by atoms with Crippen LogP contribution in [0, 0.1) is 23.7 Å². The molecule has 0 saturated heterocycles. The number of hydrogen-bond acceptors (Lipinski definition) is 5. The summed E-state index contributed by atoms with van der Waals surface area (Å²) < 4.78 is 40.1. The molecule has 0 atom stereocenters. The number of halogens is 3. The Morgan fingerprint density at radius 2 is 1.89 bits per heavy atom. The Hall–Kier alpha value is -3.16. The first-order valence-electron chi connectivity index (χ1n) is 12.4. The first-order valence-corrected chi connectivity index (χ1v) is 12.7. The van der Waals surface area contributed by atoms with E-state index in [2.05, 4.69) is 22.1 Å². The second kappa shape index (κ2) is 13.1. The summed E-state index contributed by atoms with van der Waals surface area (Å²) in [7, 11) is 1.47. The summed E-state index contributed by atoms with van der Waals surface area (Å²) in [5, 5.41) is 12.6. The highest BCUT2D eigenvalue weighted by atomic mass is 35.5. The van der Waals surface area contributed by atoms with Gasteiger partial charge in [-0.05, 0) is 75.6 Å². The molecule has 11 heteroatoms. The van der Waals surface area contributed by atoms with Gasteiger partial charge in [0.05, 0.1) is 12.5 Å². The van der Waals surface area contributed by atoms with E-state index in [0.29, 0.717) is 36.5 Å². The molecule has 1 amide bonds. The molecule has 1 aromatic carbocycles. The van der Waals surface area contributed by atoms with Crippen LogP contribution in [0.4, 0.5) is 8.78 Å². The molecule has 0 unspecified atom stereocenters. The predicted molar refractivity (Wildman–Crippen MR) is 138 cm³/mol. The van der Waals surface area contributed by atoms with Gasteiger partial charge >= 0.3 is 5.97 Å². The molecule has 0 spiro atoms. The van der Waals surface area contributed by atoms with Crippen LogP contribution in [0.25, 0.3) is 0 Å². The molecule has 1 aromatic heterocycles. The van der Waals surface area contributed by atoms with E-state index in [1.807, 2.05) is 0 Å². The zero-order valence-corrected chi connectivity index (χ0v) is 22.4. The average molecular weight is 552 g/mol. The average Bonchev–Trinajstić information content (AvgIpc) is 3.26. The van der Waals surface area contributed by atoms with Crippen molar-refractivity contribution in [2.45, 2.75) is 58.1 Å². The van der Waals surface area contributed by atoms with Crippen molar-refractivity contribution in [2.24, 2.45) is 11.8 Å². The molecular weight excluding hydrogens is 520 g/mol. The number of methoxy groups -OCH3 is 1. The quantitative estimate of drug-likeness (QED) is 0.405. The van der Waals surface area contributed by atoms with E-state index < -0.39 is 29.7 Å². The largest absolute Gasteiger partial charge is 0.492 e. The molecule has 38 heavy (non-hydrogen) atoms. The molecule has 8 nitrogen and oxygen atoms in total. The summed E-state index contributed by atoms with van der Waals surface area (Å²) in [6, 6.07) is 6.60. The van der Waals surface area contributed by atoms with Crippen LogP contribution in [0.2, 0.25) is 5.02 Å². The first kappa shape index (κ1) is 29.4. The third-order valence-electron chi connectivity index (χ3n) is 6.54. The Balaban J connectivity index is 1.84. The first-order chi connectivity index (χ1) is 18.0. The fourth-order valence-electron chi connectivity index (χ4n) is 4.16. The number of carboxylic acid groups (broad SMARTS) is 1. The Bertz CT molecular complexity index is 1180. The second-order valence-corrected chi connectivity index (χ2v) is 10.1. The number of amides is 1. The Kier molecular flexibility index (Phi) is 10.1. The highest BCUT2D eigenvalue weighted by Gasteiger charge is 2.29. The molecule has 0 aliphatic heterocycles. The van der Waals surface area contributed by atoms with Crippen molar-refractivity contribution in [1.82, 2.24) is 14.9 Å². The third kappa shape index (κ3) is 7.92. The van der Waals surface area contributed by atoms with Crippen LogP contribution >= 0.6 is 11.6 Å². The molecule has 1 heterocycles. The fourth-order valence-corrected chi connectivity index (χ4v) is 4.29. The van der Waals surface area contributed by atoms with Gasteiger partial charge in [0.25, 0.3) is 12.3 Å². The molecule has 206 valence electrons. The van der Waals surface area contributed by atoms with Crippen molar-refractivity contribution in [3.8, 4) is 17.6 Å². The van der Waals surface area contributed by atoms with Crippen LogP contribution in [0.15, 0.2) is 24.3 Å². The van der Waals surface area contributed by atoms with E-state index in [1.54, 1.807) is 38.1 Å². The number of alkyl halides is 2. The minimum absolute atomic E-state index is 0.00632. The Morgan fingerprint density at radius 3 is 2.47 bits per heavy atom. The number of carboxylic acids is 1. The number of carbonyl (C=O) groups is 2. The van der Waals surface area contributed by atoms with Gasteiger partial charge < -0.3 is 24.5 Å². The van der Waals surface area contributed by atoms with E-state index in [-0.39, 0.29) is 42.9 Å². The summed E-state index contributed by atoms with van der Waals surface area (Å²) in [4.78, 5) is 28.6. The number of imidazole rings is 1. The van der Waals surface area contributed by atoms with Gasteiger partial charge in [-0.15, -0.1) is 0 Å². The number of nitrogens with zero attached hydrogens (tertiary/aromatic N) is 2. The summed E-state index contributed by atoms with van der Waals surface area (Å²) in [5.74, 6) is 3.82. The van der Waals surface area contributed by atoms with Gasteiger partial charge in [-0.25, -0.2) is 13.8 Å². The van der Waals surface area contributed by atoms with Gasteiger partial charge in [0, 0.05) is 18.7 Å². The summed E-state index contributed by atoms with van der Waals surface area (Å²) in [5.41, 5.74) is -1.05. The number of ether oxygens (including phenoxy) is 2. The molecule has 0 bridgehead atoms. The highest BCUT2D eigenvalue weighted by molar-refractivity contribution is 6.30. The van der Waals surface area contributed by atoms with Crippen LogP contribution < -0.4 is 10.1 Å². The van der Waals surface area contributed by atoms with Crippen LogP contribution in [0.1, 0.15) is 68.0 Å².